The normalized spacial score (nSPS) is 10.7. The molecule has 9 heteroatoms. The van der Waals surface area contributed by atoms with Gasteiger partial charge in [0.25, 0.3) is 5.69 Å². The van der Waals surface area contributed by atoms with Crippen molar-refractivity contribution in [3.05, 3.63) is 68.8 Å². The lowest BCUT2D eigenvalue weighted by atomic mass is 10.1. The summed E-state index contributed by atoms with van der Waals surface area (Å²) >= 11 is 0. The lowest BCUT2D eigenvalue weighted by Gasteiger charge is -2.11. The molecule has 122 valence electrons. The first-order valence-corrected chi connectivity index (χ1v) is 6.29. The minimum absolute atomic E-state index is 0.0724. The van der Waals surface area contributed by atoms with E-state index in [1.807, 2.05) is 0 Å². The van der Waals surface area contributed by atoms with Gasteiger partial charge >= 0.3 is 0 Å². The summed E-state index contributed by atoms with van der Waals surface area (Å²) in [4.78, 5) is 10.2. The van der Waals surface area contributed by atoms with Gasteiger partial charge in [0.2, 0.25) is 0 Å². The summed E-state index contributed by atoms with van der Waals surface area (Å²) in [7, 11) is 0. The third-order valence-corrected chi connectivity index (χ3v) is 3.10. The van der Waals surface area contributed by atoms with Gasteiger partial charge in [0.05, 0.1) is 11.5 Å². The molecular formula is C14H10F4N2O3. The molecule has 0 unspecified atom stereocenters. The van der Waals surface area contributed by atoms with E-state index < -0.39 is 52.6 Å². The van der Waals surface area contributed by atoms with Crippen LogP contribution in [0, 0.1) is 33.4 Å². The fourth-order valence-corrected chi connectivity index (χ4v) is 1.94. The topological polar surface area (TPSA) is 75.4 Å². The standard InChI is InChI=1S/C14H10F4N2O3/c15-9-4-10(16)14(18)8(13(9)17)5-19-11-3-7(6-21)1-2-12(11)20(22)23/h1-4,19,21H,5-6H2. The van der Waals surface area contributed by atoms with Gasteiger partial charge in [-0.15, -0.1) is 0 Å². The number of nitro benzene ring substituents is 1. The molecular weight excluding hydrogens is 320 g/mol. The second-order valence-electron chi connectivity index (χ2n) is 4.57. The van der Waals surface area contributed by atoms with Crippen molar-refractivity contribution in [2.24, 2.45) is 0 Å². The first-order chi connectivity index (χ1) is 10.8. The summed E-state index contributed by atoms with van der Waals surface area (Å²) in [6.07, 6.45) is 0. The van der Waals surface area contributed by atoms with Gasteiger partial charge in [-0.3, -0.25) is 10.1 Å². The molecule has 0 saturated carbocycles. The van der Waals surface area contributed by atoms with Crippen molar-refractivity contribution in [3.63, 3.8) is 0 Å². The monoisotopic (exact) mass is 330 g/mol. The zero-order valence-electron chi connectivity index (χ0n) is 11.4. The minimum atomic E-state index is -1.59. The Morgan fingerprint density at radius 1 is 1.09 bits per heavy atom. The van der Waals surface area contributed by atoms with Crippen molar-refractivity contribution in [1.82, 2.24) is 0 Å². The van der Waals surface area contributed by atoms with Crippen molar-refractivity contribution < 1.29 is 27.6 Å². The first kappa shape index (κ1) is 16.7. The number of nitrogens with one attached hydrogen (secondary N) is 1. The molecule has 0 aliphatic carbocycles. The molecule has 2 N–H and O–H groups in total. The first-order valence-electron chi connectivity index (χ1n) is 6.29. The van der Waals surface area contributed by atoms with Crippen LogP contribution in [0.3, 0.4) is 0 Å². The molecule has 0 spiro atoms. The Hall–Kier alpha value is -2.68. The van der Waals surface area contributed by atoms with Crippen LogP contribution in [-0.4, -0.2) is 10.0 Å². The maximum absolute atomic E-state index is 13.6. The number of nitro groups is 1. The predicted molar refractivity (Wildman–Crippen MR) is 72.6 cm³/mol. The van der Waals surface area contributed by atoms with E-state index in [9.17, 15) is 27.7 Å². The fourth-order valence-electron chi connectivity index (χ4n) is 1.94. The summed E-state index contributed by atoms with van der Waals surface area (Å²) in [5, 5.41) is 22.3. The minimum Gasteiger partial charge on any atom is -0.392 e. The van der Waals surface area contributed by atoms with Gasteiger partial charge in [0.15, 0.2) is 23.3 Å². The van der Waals surface area contributed by atoms with E-state index in [-0.39, 0.29) is 11.8 Å². The molecule has 0 heterocycles. The van der Waals surface area contributed by atoms with Crippen LogP contribution in [0.15, 0.2) is 24.3 Å². The molecule has 0 aliphatic heterocycles. The third-order valence-electron chi connectivity index (χ3n) is 3.10. The number of hydrogen-bond donors (Lipinski definition) is 2. The highest BCUT2D eigenvalue weighted by molar-refractivity contribution is 5.63. The van der Waals surface area contributed by atoms with Gasteiger partial charge in [-0.2, -0.15) is 0 Å². The lowest BCUT2D eigenvalue weighted by Crippen LogP contribution is -2.09. The van der Waals surface area contributed by atoms with E-state index in [0.29, 0.717) is 5.56 Å². The maximum atomic E-state index is 13.6. The van der Waals surface area contributed by atoms with Gasteiger partial charge in [0, 0.05) is 24.2 Å². The molecule has 0 fully saturated rings. The van der Waals surface area contributed by atoms with E-state index in [0.717, 1.165) is 6.07 Å². The van der Waals surface area contributed by atoms with Crippen molar-refractivity contribution in [3.8, 4) is 0 Å². The second kappa shape index (κ2) is 6.61. The molecule has 0 amide bonds. The predicted octanol–water partition coefficient (Wildman–Crippen LogP) is 3.26. The smallest absolute Gasteiger partial charge is 0.292 e. The van der Waals surface area contributed by atoms with E-state index in [1.165, 1.54) is 12.1 Å². The van der Waals surface area contributed by atoms with Crippen LogP contribution in [-0.2, 0) is 13.2 Å². The third kappa shape index (κ3) is 3.39. The van der Waals surface area contributed by atoms with Crippen LogP contribution < -0.4 is 5.32 Å². The summed E-state index contributed by atoms with van der Waals surface area (Å²) < 4.78 is 53.4. The summed E-state index contributed by atoms with van der Waals surface area (Å²) in [6, 6.07) is 3.66. The van der Waals surface area contributed by atoms with E-state index in [2.05, 4.69) is 5.32 Å². The van der Waals surface area contributed by atoms with Crippen molar-refractivity contribution in [2.45, 2.75) is 13.2 Å². The Bertz CT molecular complexity index is 742. The molecule has 0 aromatic heterocycles. The highest BCUT2D eigenvalue weighted by atomic mass is 19.2. The highest BCUT2D eigenvalue weighted by Crippen LogP contribution is 2.27. The fraction of sp³-hybridized carbons (Fsp3) is 0.143. The molecule has 0 saturated heterocycles. The van der Waals surface area contributed by atoms with E-state index in [4.69, 9.17) is 5.11 Å². The molecule has 2 aromatic rings. The van der Waals surface area contributed by atoms with Crippen LogP contribution in [0.4, 0.5) is 28.9 Å². The van der Waals surface area contributed by atoms with Crippen LogP contribution >= 0.6 is 0 Å². The van der Waals surface area contributed by atoms with Crippen LogP contribution in [0.25, 0.3) is 0 Å². The zero-order valence-corrected chi connectivity index (χ0v) is 11.4. The van der Waals surface area contributed by atoms with Gasteiger partial charge in [-0.25, -0.2) is 17.6 Å². The average Bonchev–Trinajstić information content (AvgIpc) is 2.52. The zero-order chi connectivity index (χ0) is 17.1. The Balaban J connectivity index is 2.37. The number of anilines is 1. The SMILES string of the molecule is O=[N+]([O-])c1ccc(CO)cc1NCc1c(F)c(F)cc(F)c1F. The number of aliphatic hydroxyl groups is 1. The van der Waals surface area contributed by atoms with Crippen LogP contribution in [0.5, 0.6) is 0 Å². The number of rotatable bonds is 5. The molecule has 23 heavy (non-hydrogen) atoms. The number of halogens is 4. The number of aliphatic hydroxyl groups excluding tert-OH is 1. The second-order valence-corrected chi connectivity index (χ2v) is 4.57. The molecule has 5 nitrogen and oxygen atoms in total. The quantitative estimate of drug-likeness (QED) is 0.382. The lowest BCUT2D eigenvalue weighted by molar-refractivity contribution is -0.384. The van der Waals surface area contributed by atoms with Gasteiger partial charge in [-0.05, 0) is 17.7 Å². The van der Waals surface area contributed by atoms with Gasteiger partial charge in [0.1, 0.15) is 5.69 Å². The van der Waals surface area contributed by atoms with Gasteiger partial charge in [-0.1, -0.05) is 0 Å². The molecule has 2 rings (SSSR count). The van der Waals surface area contributed by atoms with Gasteiger partial charge < -0.3 is 10.4 Å². The van der Waals surface area contributed by atoms with Crippen LogP contribution in [0.2, 0.25) is 0 Å². The van der Waals surface area contributed by atoms with E-state index in [1.54, 1.807) is 0 Å². The van der Waals surface area contributed by atoms with E-state index >= 15 is 0 Å². The van der Waals surface area contributed by atoms with Crippen molar-refractivity contribution >= 4 is 11.4 Å². The maximum Gasteiger partial charge on any atom is 0.292 e. The molecule has 0 bridgehead atoms. The number of hydrogen-bond acceptors (Lipinski definition) is 4. The number of benzene rings is 2. The Morgan fingerprint density at radius 3 is 2.22 bits per heavy atom. The summed E-state index contributed by atoms with van der Waals surface area (Å²) in [5.41, 5.74) is -1.18. The Labute approximate surface area is 127 Å². The largest absolute Gasteiger partial charge is 0.392 e. The molecule has 0 atom stereocenters. The Morgan fingerprint density at radius 2 is 1.70 bits per heavy atom. The molecule has 0 aliphatic rings. The Kier molecular flexibility index (Phi) is 4.80. The molecule has 2 aromatic carbocycles. The number of nitrogens with zero attached hydrogens (tertiary/aromatic N) is 1. The summed E-state index contributed by atoms with van der Waals surface area (Å²) in [5.74, 6) is -6.31. The van der Waals surface area contributed by atoms with Crippen molar-refractivity contribution in [2.75, 3.05) is 5.32 Å². The van der Waals surface area contributed by atoms with Crippen molar-refractivity contribution in [1.29, 1.82) is 0 Å². The average molecular weight is 330 g/mol. The summed E-state index contributed by atoms with van der Waals surface area (Å²) in [6.45, 7) is -1.13. The molecule has 0 radical (unpaired) electrons. The highest BCUT2D eigenvalue weighted by Gasteiger charge is 2.20. The van der Waals surface area contributed by atoms with Crippen LogP contribution in [0.1, 0.15) is 11.1 Å².